The van der Waals surface area contributed by atoms with Crippen molar-refractivity contribution in [3.8, 4) is 5.75 Å². The molecule has 3 atom stereocenters. The lowest BCUT2D eigenvalue weighted by Gasteiger charge is -2.19. The highest BCUT2D eigenvalue weighted by Gasteiger charge is 2.37. The molecule has 0 aromatic heterocycles. The van der Waals surface area contributed by atoms with Crippen LogP contribution in [0.2, 0.25) is 0 Å². The molecule has 1 aliphatic rings. The van der Waals surface area contributed by atoms with Gasteiger partial charge in [-0.25, -0.2) is 0 Å². The van der Waals surface area contributed by atoms with Crippen molar-refractivity contribution in [1.29, 1.82) is 0 Å². The summed E-state index contributed by atoms with van der Waals surface area (Å²) in [5, 5.41) is 12.1. The molecule has 114 valence electrons. The molecule has 3 rings (SSSR count). The molecule has 0 spiro atoms. The Balaban J connectivity index is 2.08. The highest BCUT2D eigenvalue weighted by molar-refractivity contribution is 7.85. The average Bonchev–Trinajstić information content (AvgIpc) is 2.64. The Kier molecular flexibility index (Phi) is 3.96. The molecule has 0 fully saturated rings. The molecule has 0 radical (unpaired) electrons. The molecule has 0 bridgehead atoms. The van der Waals surface area contributed by atoms with Gasteiger partial charge in [-0.3, -0.25) is 9.00 Å². The number of para-hydroxylation sites is 1. The van der Waals surface area contributed by atoms with Gasteiger partial charge in [-0.05, 0) is 29.8 Å². The number of carbonyl (C=O) groups excluding carboxylic acids is 1. The Hall–Kier alpha value is -2.18. The predicted octanol–water partition coefficient (Wildman–Crippen LogP) is 1.86. The van der Waals surface area contributed by atoms with Crippen LogP contribution in [0.4, 0.5) is 5.69 Å². The molecule has 1 aliphatic heterocycles. The summed E-state index contributed by atoms with van der Waals surface area (Å²) in [6.45, 7) is 0. The molecule has 0 saturated carbocycles. The number of hydrogen-bond donors (Lipinski definition) is 2. The zero-order valence-corrected chi connectivity index (χ0v) is 12.7. The molecule has 2 aromatic carbocycles. The standard InChI is InChI=1S/C16H15NO4S/c1-21-11-8-6-10(7-9-11)15-14(18)16(19)17-12-4-2-3-5-13(12)22(15)20/h2-9,14-15,18H,1H3,(H,17,19)/t14-,15+,22+/m1/s1. The van der Waals surface area contributed by atoms with E-state index < -0.39 is 28.1 Å². The van der Waals surface area contributed by atoms with Gasteiger partial charge in [0.05, 0.1) is 33.7 Å². The van der Waals surface area contributed by atoms with E-state index in [2.05, 4.69) is 5.32 Å². The smallest absolute Gasteiger partial charge is 0.254 e. The van der Waals surface area contributed by atoms with Gasteiger partial charge in [-0.2, -0.15) is 0 Å². The van der Waals surface area contributed by atoms with Gasteiger partial charge in [0.2, 0.25) is 0 Å². The summed E-state index contributed by atoms with van der Waals surface area (Å²) in [5.41, 5.74) is 1.10. The highest BCUT2D eigenvalue weighted by atomic mass is 32.2. The number of aliphatic hydroxyl groups excluding tert-OH is 1. The molecular weight excluding hydrogens is 302 g/mol. The Bertz CT molecular complexity index is 729. The summed E-state index contributed by atoms with van der Waals surface area (Å²) in [6.07, 6.45) is -1.39. The number of ether oxygens (including phenoxy) is 1. The quantitative estimate of drug-likeness (QED) is 0.886. The maximum atomic E-state index is 12.9. The summed E-state index contributed by atoms with van der Waals surface area (Å²) in [7, 11) is -0.00184. The van der Waals surface area contributed by atoms with Crippen molar-refractivity contribution in [3.05, 3.63) is 54.1 Å². The molecule has 1 amide bonds. The first kappa shape index (κ1) is 14.7. The first-order valence-corrected chi connectivity index (χ1v) is 7.95. The summed E-state index contributed by atoms with van der Waals surface area (Å²) in [4.78, 5) is 12.6. The van der Waals surface area contributed by atoms with E-state index in [1.54, 1.807) is 55.6 Å². The minimum Gasteiger partial charge on any atom is -0.497 e. The van der Waals surface area contributed by atoms with Gasteiger partial charge in [-0.1, -0.05) is 24.3 Å². The normalized spacial score (nSPS) is 24.1. The number of methoxy groups -OCH3 is 1. The first-order valence-electron chi connectivity index (χ1n) is 6.74. The van der Waals surface area contributed by atoms with Crippen LogP contribution in [0.3, 0.4) is 0 Å². The average molecular weight is 317 g/mol. The number of benzene rings is 2. The van der Waals surface area contributed by atoms with Crippen LogP contribution >= 0.6 is 0 Å². The van der Waals surface area contributed by atoms with E-state index in [0.717, 1.165) is 0 Å². The number of fused-ring (bicyclic) bond motifs is 1. The Morgan fingerprint density at radius 2 is 1.82 bits per heavy atom. The van der Waals surface area contributed by atoms with Crippen LogP contribution in [-0.2, 0) is 15.6 Å². The number of hydrogen-bond acceptors (Lipinski definition) is 4. The zero-order valence-electron chi connectivity index (χ0n) is 11.9. The van der Waals surface area contributed by atoms with E-state index in [0.29, 0.717) is 21.9 Å². The van der Waals surface area contributed by atoms with Crippen LogP contribution in [0.15, 0.2) is 53.4 Å². The largest absolute Gasteiger partial charge is 0.497 e. The second-order valence-electron chi connectivity index (χ2n) is 4.92. The van der Waals surface area contributed by atoms with Crippen molar-refractivity contribution in [1.82, 2.24) is 0 Å². The van der Waals surface area contributed by atoms with Crippen LogP contribution in [0, 0.1) is 0 Å². The summed E-state index contributed by atoms with van der Waals surface area (Å²) < 4.78 is 18.0. The van der Waals surface area contributed by atoms with Crippen molar-refractivity contribution in [2.45, 2.75) is 16.2 Å². The zero-order chi connectivity index (χ0) is 15.7. The number of nitrogens with one attached hydrogen (secondary N) is 1. The molecule has 1 heterocycles. The van der Waals surface area contributed by atoms with Crippen LogP contribution in [0.25, 0.3) is 0 Å². The van der Waals surface area contributed by atoms with Crippen LogP contribution in [0.1, 0.15) is 10.8 Å². The predicted molar refractivity (Wildman–Crippen MR) is 83.2 cm³/mol. The Morgan fingerprint density at radius 1 is 1.14 bits per heavy atom. The van der Waals surface area contributed by atoms with Gasteiger partial charge >= 0.3 is 0 Å². The third-order valence-corrected chi connectivity index (χ3v) is 5.37. The van der Waals surface area contributed by atoms with Crippen molar-refractivity contribution in [2.24, 2.45) is 0 Å². The highest BCUT2D eigenvalue weighted by Crippen LogP contribution is 2.35. The fraction of sp³-hybridized carbons (Fsp3) is 0.188. The van der Waals surface area contributed by atoms with Gasteiger partial charge in [-0.15, -0.1) is 0 Å². The molecule has 0 saturated heterocycles. The third-order valence-electron chi connectivity index (χ3n) is 3.59. The maximum Gasteiger partial charge on any atom is 0.254 e. The Labute approximate surface area is 130 Å². The van der Waals surface area contributed by atoms with E-state index in [-0.39, 0.29) is 0 Å². The number of carbonyl (C=O) groups is 1. The number of amides is 1. The number of aliphatic hydroxyl groups is 1. The van der Waals surface area contributed by atoms with Gasteiger partial charge in [0, 0.05) is 0 Å². The number of anilines is 1. The van der Waals surface area contributed by atoms with Gasteiger partial charge in [0.15, 0.2) is 6.10 Å². The monoisotopic (exact) mass is 317 g/mol. The maximum absolute atomic E-state index is 12.9. The van der Waals surface area contributed by atoms with Gasteiger partial charge in [0.1, 0.15) is 5.75 Å². The topological polar surface area (TPSA) is 75.6 Å². The van der Waals surface area contributed by atoms with Crippen molar-refractivity contribution in [3.63, 3.8) is 0 Å². The van der Waals surface area contributed by atoms with E-state index in [1.165, 1.54) is 0 Å². The van der Waals surface area contributed by atoms with E-state index in [9.17, 15) is 14.1 Å². The molecule has 0 aliphatic carbocycles. The SMILES string of the molecule is COc1ccc([C@H]2[C@@H](O)C(=O)Nc3ccccc3[S@@]2=O)cc1. The second kappa shape index (κ2) is 5.90. The van der Waals surface area contributed by atoms with Crippen molar-refractivity contribution in [2.75, 3.05) is 12.4 Å². The summed E-state index contributed by atoms with van der Waals surface area (Å²) in [5.74, 6) is 0.0987. The van der Waals surface area contributed by atoms with Gasteiger partial charge < -0.3 is 15.2 Å². The molecule has 0 unspecified atom stereocenters. The van der Waals surface area contributed by atoms with Crippen LogP contribution in [0.5, 0.6) is 5.75 Å². The Morgan fingerprint density at radius 3 is 2.50 bits per heavy atom. The lowest BCUT2D eigenvalue weighted by Crippen LogP contribution is -2.32. The molecule has 2 aromatic rings. The molecule has 2 N–H and O–H groups in total. The van der Waals surface area contributed by atoms with Crippen LogP contribution < -0.4 is 10.1 Å². The minimum absolute atomic E-state index is 0.473. The number of rotatable bonds is 2. The van der Waals surface area contributed by atoms with E-state index >= 15 is 0 Å². The van der Waals surface area contributed by atoms with Crippen LogP contribution in [-0.4, -0.2) is 28.4 Å². The molecular formula is C16H15NO4S. The first-order chi connectivity index (χ1) is 10.6. The van der Waals surface area contributed by atoms with Gasteiger partial charge in [0.25, 0.3) is 5.91 Å². The molecule has 22 heavy (non-hydrogen) atoms. The summed E-state index contributed by atoms with van der Waals surface area (Å²) >= 11 is 0. The minimum atomic E-state index is -1.55. The lowest BCUT2D eigenvalue weighted by molar-refractivity contribution is -0.124. The second-order valence-corrected chi connectivity index (χ2v) is 6.46. The third kappa shape index (κ3) is 2.51. The van der Waals surface area contributed by atoms with E-state index in [1.807, 2.05) is 0 Å². The fourth-order valence-corrected chi connectivity index (χ4v) is 4.03. The van der Waals surface area contributed by atoms with Crippen molar-refractivity contribution < 1.29 is 18.8 Å². The fourth-order valence-electron chi connectivity index (χ4n) is 2.44. The molecule has 5 nitrogen and oxygen atoms in total. The lowest BCUT2D eigenvalue weighted by atomic mass is 10.1. The van der Waals surface area contributed by atoms with Crippen molar-refractivity contribution >= 4 is 22.4 Å². The summed E-state index contributed by atoms with van der Waals surface area (Å²) in [6, 6.07) is 13.7. The van der Waals surface area contributed by atoms with E-state index in [4.69, 9.17) is 4.74 Å². The molecule has 6 heteroatoms.